The van der Waals surface area contributed by atoms with Gasteiger partial charge in [-0.25, -0.2) is 4.98 Å². The summed E-state index contributed by atoms with van der Waals surface area (Å²) in [6.07, 6.45) is 5.49. The fraction of sp³-hybridized carbons (Fsp3) is 0.500. The summed E-state index contributed by atoms with van der Waals surface area (Å²) in [6, 6.07) is 3.76. The second kappa shape index (κ2) is 5.87. The van der Waals surface area contributed by atoms with Crippen LogP contribution in [0.5, 0.6) is 0 Å². The molecule has 2 aromatic heterocycles. The molecular weight excluding hydrogens is 228 g/mol. The molecule has 1 unspecified atom stereocenters. The number of aryl methyl sites for hydroxylation is 2. The molecule has 18 heavy (non-hydrogen) atoms. The minimum atomic E-state index is -0.622. The minimum absolute atomic E-state index is 0.490. The first-order valence-corrected chi connectivity index (χ1v) is 6.51. The van der Waals surface area contributed by atoms with Crippen LogP contribution in [0.2, 0.25) is 0 Å². The number of aromatic nitrogens is 2. The van der Waals surface area contributed by atoms with Crippen LogP contribution in [0.3, 0.4) is 0 Å². The third-order valence-electron chi connectivity index (χ3n) is 3.00. The number of rotatable bonds is 6. The van der Waals surface area contributed by atoms with Gasteiger partial charge in [0.25, 0.3) is 0 Å². The van der Waals surface area contributed by atoms with Gasteiger partial charge in [-0.05, 0) is 18.6 Å². The third kappa shape index (κ3) is 2.82. The maximum atomic E-state index is 10.1. The van der Waals surface area contributed by atoms with Gasteiger partial charge in [-0.15, -0.1) is 0 Å². The fourth-order valence-electron chi connectivity index (χ4n) is 2.01. The van der Waals surface area contributed by atoms with Crippen LogP contribution >= 0.6 is 0 Å². The molecule has 0 bridgehead atoms. The Morgan fingerprint density at radius 2 is 2.22 bits per heavy atom. The number of aliphatic hydroxyl groups is 1. The van der Waals surface area contributed by atoms with Crippen LogP contribution in [0, 0.1) is 0 Å². The summed E-state index contributed by atoms with van der Waals surface area (Å²) < 4.78 is 7.63. The summed E-state index contributed by atoms with van der Waals surface area (Å²) in [7, 11) is 0. The topological polar surface area (TPSA) is 51.2 Å². The normalized spacial score (nSPS) is 12.8. The van der Waals surface area contributed by atoms with Crippen LogP contribution in [0.4, 0.5) is 0 Å². The monoisotopic (exact) mass is 248 g/mol. The maximum Gasteiger partial charge on any atom is 0.133 e. The quantitative estimate of drug-likeness (QED) is 0.855. The van der Waals surface area contributed by atoms with Crippen molar-refractivity contribution in [3.63, 3.8) is 0 Å². The molecule has 0 aromatic carbocycles. The highest BCUT2D eigenvalue weighted by molar-refractivity contribution is 5.11. The Hall–Kier alpha value is -1.55. The second-order valence-electron chi connectivity index (χ2n) is 4.41. The second-order valence-corrected chi connectivity index (χ2v) is 4.41. The van der Waals surface area contributed by atoms with Crippen molar-refractivity contribution in [2.75, 3.05) is 0 Å². The SMILES string of the molecule is CCCn1ccnc1CC(O)c1ccc(CC)o1. The van der Waals surface area contributed by atoms with E-state index in [4.69, 9.17) is 4.42 Å². The van der Waals surface area contributed by atoms with Crippen LogP contribution in [0.25, 0.3) is 0 Å². The molecular formula is C14H20N2O2. The average Bonchev–Trinajstić information content (AvgIpc) is 2.99. The van der Waals surface area contributed by atoms with Crippen molar-refractivity contribution < 1.29 is 9.52 Å². The van der Waals surface area contributed by atoms with E-state index in [0.29, 0.717) is 12.2 Å². The van der Waals surface area contributed by atoms with E-state index in [9.17, 15) is 5.11 Å². The lowest BCUT2D eigenvalue weighted by Crippen LogP contribution is -2.08. The van der Waals surface area contributed by atoms with Crippen LogP contribution in [0.1, 0.15) is 43.7 Å². The zero-order valence-electron chi connectivity index (χ0n) is 11.0. The molecule has 1 atom stereocenters. The number of furan rings is 1. The van der Waals surface area contributed by atoms with Gasteiger partial charge >= 0.3 is 0 Å². The highest BCUT2D eigenvalue weighted by Crippen LogP contribution is 2.20. The average molecular weight is 248 g/mol. The van der Waals surface area contributed by atoms with Gasteiger partial charge in [0, 0.05) is 31.8 Å². The molecule has 2 rings (SSSR count). The van der Waals surface area contributed by atoms with E-state index in [1.165, 1.54) is 0 Å². The van der Waals surface area contributed by atoms with Gasteiger partial charge in [0.2, 0.25) is 0 Å². The van der Waals surface area contributed by atoms with Crippen molar-refractivity contribution >= 4 is 0 Å². The Bertz CT molecular complexity index is 487. The van der Waals surface area contributed by atoms with Crippen LogP contribution < -0.4 is 0 Å². The molecule has 0 saturated carbocycles. The molecule has 0 spiro atoms. The molecule has 1 N–H and O–H groups in total. The molecule has 4 heteroatoms. The standard InChI is InChI=1S/C14H20N2O2/c1-3-8-16-9-7-15-14(16)10-12(17)13-6-5-11(4-2)18-13/h5-7,9,12,17H,3-4,8,10H2,1-2H3. The number of imidazole rings is 1. The highest BCUT2D eigenvalue weighted by atomic mass is 16.4. The number of hydrogen-bond acceptors (Lipinski definition) is 3. The van der Waals surface area contributed by atoms with Crippen LogP contribution in [-0.2, 0) is 19.4 Å². The van der Waals surface area contributed by atoms with E-state index in [1.807, 2.05) is 25.3 Å². The number of nitrogens with zero attached hydrogens (tertiary/aromatic N) is 2. The summed E-state index contributed by atoms with van der Waals surface area (Å²) in [6.45, 7) is 5.09. The van der Waals surface area contributed by atoms with E-state index in [-0.39, 0.29) is 0 Å². The predicted octanol–water partition coefficient (Wildman–Crippen LogP) is 2.72. The van der Waals surface area contributed by atoms with E-state index in [1.54, 1.807) is 6.20 Å². The largest absolute Gasteiger partial charge is 0.463 e. The van der Waals surface area contributed by atoms with Gasteiger partial charge in [-0.3, -0.25) is 0 Å². The molecule has 0 amide bonds. The molecule has 0 radical (unpaired) electrons. The maximum absolute atomic E-state index is 10.1. The lowest BCUT2D eigenvalue weighted by atomic mass is 10.2. The smallest absolute Gasteiger partial charge is 0.133 e. The van der Waals surface area contributed by atoms with E-state index in [0.717, 1.165) is 31.0 Å². The van der Waals surface area contributed by atoms with E-state index in [2.05, 4.69) is 16.5 Å². The first-order chi connectivity index (χ1) is 8.74. The first kappa shape index (κ1) is 12.9. The van der Waals surface area contributed by atoms with E-state index < -0.39 is 6.10 Å². The number of hydrogen-bond donors (Lipinski definition) is 1. The van der Waals surface area contributed by atoms with Gasteiger partial charge < -0.3 is 14.1 Å². The van der Waals surface area contributed by atoms with Crippen molar-refractivity contribution in [3.05, 3.63) is 41.9 Å². The Morgan fingerprint density at radius 3 is 2.89 bits per heavy atom. The predicted molar refractivity (Wildman–Crippen MR) is 69.3 cm³/mol. The zero-order valence-corrected chi connectivity index (χ0v) is 11.0. The van der Waals surface area contributed by atoms with Gasteiger partial charge in [-0.2, -0.15) is 0 Å². The van der Waals surface area contributed by atoms with Gasteiger partial charge in [0.15, 0.2) is 0 Å². The van der Waals surface area contributed by atoms with Crippen molar-refractivity contribution in [1.82, 2.24) is 9.55 Å². The Kier molecular flexibility index (Phi) is 4.20. The summed E-state index contributed by atoms with van der Waals surface area (Å²) in [5.41, 5.74) is 0. The molecule has 2 heterocycles. The molecule has 0 aliphatic carbocycles. The molecule has 0 saturated heterocycles. The molecule has 2 aromatic rings. The Balaban J connectivity index is 2.06. The molecule has 98 valence electrons. The van der Waals surface area contributed by atoms with Gasteiger partial charge in [0.05, 0.1) is 0 Å². The van der Waals surface area contributed by atoms with Crippen molar-refractivity contribution in [3.8, 4) is 0 Å². The lowest BCUT2D eigenvalue weighted by Gasteiger charge is -2.10. The van der Waals surface area contributed by atoms with Crippen molar-refractivity contribution in [2.24, 2.45) is 0 Å². The Morgan fingerprint density at radius 1 is 1.39 bits per heavy atom. The summed E-state index contributed by atoms with van der Waals surface area (Å²) in [4.78, 5) is 4.29. The number of aliphatic hydroxyl groups excluding tert-OH is 1. The van der Waals surface area contributed by atoms with Gasteiger partial charge in [0.1, 0.15) is 23.4 Å². The molecule has 0 aliphatic heterocycles. The Labute approximate surface area is 107 Å². The third-order valence-corrected chi connectivity index (χ3v) is 3.00. The summed E-state index contributed by atoms with van der Waals surface area (Å²) in [5.74, 6) is 2.43. The zero-order chi connectivity index (χ0) is 13.0. The van der Waals surface area contributed by atoms with Crippen molar-refractivity contribution in [1.29, 1.82) is 0 Å². The lowest BCUT2D eigenvalue weighted by molar-refractivity contribution is 0.145. The minimum Gasteiger partial charge on any atom is -0.463 e. The van der Waals surface area contributed by atoms with Crippen LogP contribution in [-0.4, -0.2) is 14.7 Å². The van der Waals surface area contributed by atoms with E-state index >= 15 is 0 Å². The molecule has 0 fully saturated rings. The fourth-order valence-corrected chi connectivity index (χ4v) is 2.01. The van der Waals surface area contributed by atoms with Crippen molar-refractivity contribution in [2.45, 2.75) is 45.8 Å². The summed E-state index contributed by atoms with van der Waals surface area (Å²) in [5, 5.41) is 10.1. The first-order valence-electron chi connectivity index (χ1n) is 6.51. The van der Waals surface area contributed by atoms with Gasteiger partial charge in [-0.1, -0.05) is 13.8 Å². The molecule has 4 nitrogen and oxygen atoms in total. The molecule has 0 aliphatic rings. The summed E-state index contributed by atoms with van der Waals surface area (Å²) >= 11 is 0. The highest BCUT2D eigenvalue weighted by Gasteiger charge is 2.15. The van der Waals surface area contributed by atoms with Crippen LogP contribution in [0.15, 0.2) is 28.9 Å².